The average molecular weight is 231 g/mol. The lowest BCUT2D eigenvalue weighted by Gasteiger charge is -2.25. The van der Waals surface area contributed by atoms with E-state index in [2.05, 4.69) is 9.97 Å². The van der Waals surface area contributed by atoms with Gasteiger partial charge in [-0.05, 0) is 25.8 Å². The van der Waals surface area contributed by atoms with Gasteiger partial charge in [0.1, 0.15) is 11.0 Å². The summed E-state index contributed by atoms with van der Waals surface area (Å²) in [6, 6.07) is 1.86. The van der Waals surface area contributed by atoms with Crippen molar-refractivity contribution in [1.82, 2.24) is 9.97 Å². The van der Waals surface area contributed by atoms with Gasteiger partial charge in [0, 0.05) is 11.6 Å². The molecule has 0 amide bonds. The van der Waals surface area contributed by atoms with Crippen molar-refractivity contribution in [1.29, 1.82) is 0 Å². The third kappa shape index (κ3) is 2.01. The Balaban J connectivity index is 2.30. The van der Waals surface area contributed by atoms with Gasteiger partial charge >= 0.3 is 0 Å². The van der Waals surface area contributed by atoms with E-state index in [1.807, 2.05) is 13.0 Å². The van der Waals surface area contributed by atoms with E-state index in [1.165, 1.54) is 19.3 Å². The Kier molecular flexibility index (Phi) is 2.93. The van der Waals surface area contributed by atoms with Gasteiger partial charge in [0.25, 0.3) is 0 Å². The van der Waals surface area contributed by atoms with Gasteiger partial charge in [-0.2, -0.15) is 0 Å². The highest BCUT2D eigenvalue weighted by molar-refractivity contribution is 6.29. The van der Waals surface area contributed by atoms with E-state index in [0.29, 0.717) is 16.9 Å². The minimum atomic E-state index is -0.174. The number of hydrogen-bond acceptors (Lipinski definition) is 2. The lowest BCUT2D eigenvalue weighted by molar-refractivity contribution is 0.409. The van der Waals surface area contributed by atoms with Gasteiger partial charge in [-0.3, -0.25) is 0 Å². The predicted molar refractivity (Wildman–Crippen MR) is 57.9 cm³/mol. The Morgan fingerprint density at radius 3 is 2.64 bits per heavy atom. The second-order valence-corrected chi connectivity index (χ2v) is 4.76. The molecule has 14 heavy (non-hydrogen) atoms. The third-order valence-corrected chi connectivity index (χ3v) is 3.00. The fourth-order valence-electron chi connectivity index (χ4n) is 1.54. The zero-order chi connectivity index (χ0) is 10.1. The number of nitrogens with zero attached hydrogens (tertiary/aromatic N) is 2. The van der Waals surface area contributed by atoms with Crippen molar-refractivity contribution < 1.29 is 0 Å². The van der Waals surface area contributed by atoms with Crippen molar-refractivity contribution in [3.63, 3.8) is 0 Å². The minimum absolute atomic E-state index is 0.174. The molecule has 1 atom stereocenters. The molecule has 76 valence electrons. The molecule has 0 N–H and O–H groups in total. The Hall–Kier alpha value is -0.340. The number of alkyl halides is 1. The summed E-state index contributed by atoms with van der Waals surface area (Å²) < 4.78 is 0. The molecule has 0 unspecified atom stereocenters. The summed E-state index contributed by atoms with van der Waals surface area (Å²) in [7, 11) is 0. The second kappa shape index (κ2) is 4.03. The van der Waals surface area contributed by atoms with Gasteiger partial charge in [0.15, 0.2) is 0 Å². The van der Waals surface area contributed by atoms with Crippen molar-refractivity contribution in [3.05, 3.63) is 22.7 Å². The number of hydrogen-bond donors (Lipinski definition) is 0. The van der Waals surface area contributed by atoms with Crippen molar-refractivity contribution in [3.8, 4) is 0 Å². The molecule has 0 spiro atoms. The van der Waals surface area contributed by atoms with E-state index >= 15 is 0 Å². The standard InChI is InChI=1S/C10H12Cl2N2/c1-6(11)10-13-8(5-9(12)14-10)7-3-2-4-7/h5-7H,2-4H2,1H3/t6-/m0/s1. The highest BCUT2D eigenvalue weighted by atomic mass is 35.5. The molecule has 4 heteroatoms. The van der Waals surface area contributed by atoms with E-state index in [0.717, 1.165) is 5.69 Å². The van der Waals surface area contributed by atoms with Crippen LogP contribution in [0, 0.1) is 0 Å². The van der Waals surface area contributed by atoms with Crippen LogP contribution >= 0.6 is 23.2 Å². The van der Waals surface area contributed by atoms with Crippen LogP contribution in [0.5, 0.6) is 0 Å². The summed E-state index contributed by atoms with van der Waals surface area (Å²) in [5, 5.41) is 0.330. The van der Waals surface area contributed by atoms with Crippen LogP contribution in [-0.4, -0.2) is 9.97 Å². The van der Waals surface area contributed by atoms with Crippen molar-refractivity contribution in [2.24, 2.45) is 0 Å². The fraction of sp³-hybridized carbons (Fsp3) is 0.600. The van der Waals surface area contributed by atoms with Crippen molar-refractivity contribution >= 4 is 23.2 Å². The Morgan fingerprint density at radius 1 is 1.43 bits per heavy atom. The molecule has 2 nitrogen and oxygen atoms in total. The summed E-state index contributed by atoms with van der Waals surface area (Å²) >= 11 is 11.8. The Morgan fingerprint density at radius 2 is 2.14 bits per heavy atom. The molecule has 0 aliphatic heterocycles. The van der Waals surface area contributed by atoms with Crippen LogP contribution < -0.4 is 0 Å². The van der Waals surface area contributed by atoms with E-state index in [-0.39, 0.29) is 5.38 Å². The van der Waals surface area contributed by atoms with Crippen LogP contribution in [0.15, 0.2) is 6.07 Å². The van der Waals surface area contributed by atoms with Crippen molar-refractivity contribution in [2.75, 3.05) is 0 Å². The van der Waals surface area contributed by atoms with E-state index in [4.69, 9.17) is 23.2 Å². The van der Waals surface area contributed by atoms with Crippen molar-refractivity contribution in [2.45, 2.75) is 37.5 Å². The van der Waals surface area contributed by atoms with Crippen LogP contribution in [0.3, 0.4) is 0 Å². The maximum absolute atomic E-state index is 5.93. The molecule has 0 aromatic carbocycles. The Labute approximate surface area is 93.7 Å². The van der Waals surface area contributed by atoms with Crippen LogP contribution in [0.25, 0.3) is 0 Å². The molecule has 1 heterocycles. The molecule has 0 saturated heterocycles. The molecular weight excluding hydrogens is 219 g/mol. The topological polar surface area (TPSA) is 25.8 Å². The monoisotopic (exact) mass is 230 g/mol. The number of rotatable bonds is 2. The number of halogens is 2. The maximum atomic E-state index is 5.93. The first-order valence-corrected chi connectivity index (χ1v) is 5.66. The average Bonchev–Trinajstić information content (AvgIpc) is 1.99. The molecule has 0 radical (unpaired) electrons. The first-order valence-electron chi connectivity index (χ1n) is 4.85. The predicted octanol–water partition coefficient (Wildman–Crippen LogP) is 3.70. The smallest absolute Gasteiger partial charge is 0.147 e. The van der Waals surface area contributed by atoms with E-state index in [9.17, 15) is 0 Å². The highest BCUT2D eigenvalue weighted by Gasteiger charge is 2.22. The van der Waals surface area contributed by atoms with Crippen LogP contribution in [0.2, 0.25) is 5.15 Å². The van der Waals surface area contributed by atoms with Crippen LogP contribution in [-0.2, 0) is 0 Å². The first-order chi connectivity index (χ1) is 6.66. The summed E-state index contributed by atoms with van der Waals surface area (Å²) in [5.41, 5.74) is 1.05. The van der Waals surface area contributed by atoms with Crippen LogP contribution in [0.4, 0.5) is 0 Å². The largest absolute Gasteiger partial charge is 0.236 e. The van der Waals surface area contributed by atoms with E-state index < -0.39 is 0 Å². The SMILES string of the molecule is C[C@H](Cl)c1nc(Cl)cc(C2CCC2)n1. The molecule has 1 aliphatic carbocycles. The zero-order valence-corrected chi connectivity index (χ0v) is 9.52. The molecule has 0 bridgehead atoms. The molecular formula is C10H12Cl2N2. The first kappa shape index (κ1) is 10.2. The molecule has 1 aromatic heterocycles. The molecule has 1 fully saturated rings. The fourth-order valence-corrected chi connectivity index (χ4v) is 1.84. The summed E-state index contributed by atoms with van der Waals surface area (Å²) in [6.45, 7) is 1.86. The van der Waals surface area contributed by atoms with Gasteiger partial charge in [0.05, 0.1) is 5.38 Å². The maximum Gasteiger partial charge on any atom is 0.147 e. The molecule has 1 aromatic rings. The normalized spacial score (nSPS) is 19.1. The Bertz CT molecular complexity index is 335. The van der Waals surface area contributed by atoms with Gasteiger partial charge < -0.3 is 0 Å². The molecule has 1 saturated carbocycles. The third-order valence-electron chi connectivity index (χ3n) is 2.61. The summed E-state index contributed by atoms with van der Waals surface area (Å²) in [5.74, 6) is 1.21. The minimum Gasteiger partial charge on any atom is -0.236 e. The lowest BCUT2D eigenvalue weighted by atomic mass is 9.83. The van der Waals surface area contributed by atoms with E-state index in [1.54, 1.807) is 0 Å². The van der Waals surface area contributed by atoms with Gasteiger partial charge in [0.2, 0.25) is 0 Å². The van der Waals surface area contributed by atoms with Gasteiger partial charge in [-0.25, -0.2) is 9.97 Å². The van der Waals surface area contributed by atoms with Gasteiger partial charge in [-0.1, -0.05) is 18.0 Å². The quantitative estimate of drug-likeness (QED) is 0.572. The highest BCUT2D eigenvalue weighted by Crippen LogP contribution is 2.36. The van der Waals surface area contributed by atoms with Gasteiger partial charge in [-0.15, -0.1) is 11.6 Å². The van der Waals surface area contributed by atoms with Crippen LogP contribution in [0.1, 0.15) is 49.0 Å². The second-order valence-electron chi connectivity index (χ2n) is 3.72. The molecule has 1 aliphatic rings. The lowest BCUT2D eigenvalue weighted by Crippen LogP contribution is -2.12. The molecule has 2 rings (SSSR count). The zero-order valence-electron chi connectivity index (χ0n) is 8.00. The number of aromatic nitrogens is 2. The summed E-state index contributed by atoms with van der Waals surface area (Å²) in [6.07, 6.45) is 3.71. The summed E-state index contributed by atoms with van der Waals surface area (Å²) in [4.78, 5) is 8.52.